The van der Waals surface area contributed by atoms with Crippen molar-refractivity contribution in [3.63, 3.8) is 0 Å². The van der Waals surface area contributed by atoms with Crippen molar-refractivity contribution in [1.82, 2.24) is 4.90 Å². The summed E-state index contributed by atoms with van der Waals surface area (Å²) >= 11 is 0. The number of hydrogen-bond donors (Lipinski definition) is 0. The van der Waals surface area contributed by atoms with Crippen LogP contribution in [0.5, 0.6) is 0 Å². The van der Waals surface area contributed by atoms with Crippen molar-refractivity contribution in [2.45, 2.75) is 32.2 Å². The van der Waals surface area contributed by atoms with E-state index in [2.05, 4.69) is 31.0 Å². The van der Waals surface area contributed by atoms with E-state index in [0.29, 0.717) is 0 Å². The quantitative estimate of drug-likeness (QED) is 0.583. The zero-order valence-corrected chi connectivity index (χ0v) is 8.23. The molecule has 1 atom stereocenters. The Hall–Kier alpha value is -0.0100. The highest BCUT2D eigenvalue weighted by Crippen LogP contribution is 2.14. The van der Waals surface area contributed by atoms with Crippen LogP contribution in [-0.2, 0) is 0 Å². The summed E-state index contributed by atoms with van der Waals surface area (Å²) < 4.78 is 0. The van der Waals surface area contributed by atoms with Crippen LogP contribution >= 0.6 is 12.4 Å². The van der Waals surface area contributed by atoms with E-state index in [9.17, 15) is 0 Å². The molecule has 1 nitrogen and oxygen atoms in total. The number of rotatable bonds is 2. The van der Waals surface area contributed by atoms with Crippen molar-refractivity contribution in [2.24, 2.45) is 0 Å². The minimum Gasteiger partial charge on any atom is -0.300 e. The Morgan fingerprint density at radius 2 is 2.27 bits per heavy atom. The molecule has 0 aliphatic heterocycles. The number of likely N-dealkylation sites (N-methyl/N-ethyl adjacent to an activating group) is 1. The fraction of sp³-hybridized carbons (Fsp3) is 0.778. The maximum Gasteiger partial charge on any atom is 0.0275 e. The number of nitrogens with zero attached hydrogens (tertiary/aromatic N) is 1. The first-order valence-electron chi connectivity index (χ1n) is 4.21. The monoisotopic (exact) mass is 175 g/mol. The predicted octanol–water partition coefficient (Wildman–Crippen LogP) is 2.47. The topological polar surface area (TPSA) is 3.24 Å². The fourth-order valence-electron chi connectivity index (χ4n) is 1.40. The van der Waals surface area contributed by atoms with Gasteiger partial charge in [-0.1, -0.05) is 19.1 Å². The summed E-state index contributed by atoms with van der Waals surface area (Å²) in [4.78, 5) is 2.40. The van der Waals surface area contributed by atoms with Gasteiger partial charge in [-0.15, -0.1) is 12.4 Å². The Morgan fingerprint density at radius 1 is 1.55 bits per heavy atom. The third-order valence-corrected chi connectivity index (χ3v) is 2.29. The molecule has 0 bridgehead atoms. The standard InChI is InChI=1S/C9H17N.ClH/c1-3-10(2)9-7-5-4-6-8-9;/h5,7,9H,3-4,6,8H2,1-2H3;1H. The molecular weight excluding hydrogens is 158 g/mol. The summed E-state index contributed by atoms with van der Waals surface area (Å²) in [6.07, 6.45) is 8.65. The van der Waals surface area contributed by atoms with Gasteiger partial charge in [-0.25, -0.2) is 0 Å². The van der Waals surface area contributed by atoms with Crippen LogP contribution in [0.4, 0.5) is 0 Å². The molecule has 0 saturated carbocycles. The largest absolute Gasteiger partial charge is 0.300 e. The second-order valence-electron chi connectivity index (χ2n) is 3.00. The minimum absolute atomic E-state index is 0. The van der Waals surface area contributed by atoms with Crippen LogP contribution in [-0.4, -0.2) is 24.5 Å². The molecule has 0 saturated heterocycles. The first-order chi connectivity index (χ1) is 4.84. The number of allylic oxidation sites excluding steroid dienone is 1. The van der Waals surface area contributed by atoms with Gasteiger partial charge < -0.3 is 4.90 Å². The van der Waals surface area contributed by atoms with E-state index in [1.165, 1.54) is 19.3 Å². The molecule has 0 aromatic heterocycles. The summed E-state index contributed by atoms with van der Waals surface area (Å²) in [5.74, 6) is 0. The highest BCUT2D eigenvalue weighted by molar-refractivity contribution is 5.85. The maximum atomic E-state index is 2.40. The summed E-state index contributed by atoms with van der Waals surface area (Å²) in [7, 11) is 2.19. The van der Waals surface area contributed by atoms with E-state index in [-0.39, 0.29) is 12.4 Å². The highest BCUT2D eigenvalue weighted by atomic mass is 35.5. The van der Waals surface area contributed by atoms with Crippen LogP contribution in [0.15, 0.2) is 12.2 Å². The van der Waals surface area contributed by atoms with Crippen LogP contribution in [0.2, 0.25) is 0 Å². The van der Waals surface area contributed by atoms with E-state index in [4.69, 9.17) is 0 Å². The van der Waals surface area contributed by atoms with E-state index >= 15 is 0 Å². The predicted molar refractivity (Wildman–Crippen MR) is 52.3 cm³/mol. The van der Waals surface area contributed by atoms with E-state index in [1.807, 2.05) is 0 Å². The molecule has 11 heavy (non-hydrogen) atoms. The van der Waals surface area contributed by atoms with Crippen molar-refractivity contribution in [3.8, 4) is 0 Å². The zero-order valence-electron chi connectivity index (χ0n) is 7.42. The second kappa shape index (κ2) is 5.62. The van der Waals surface area contributed by atoms with Gasteiger partial charge >= 0.3 is 0 Å². The molecule has 0 radical (unpaired) electrons. The lowest BCUT2D eigenvalue weighted by molar-refractivity contribution is 0.275. The van der Waals surface area contributed by atoms with E-state index < -0.39 is 0 Å². The lowest BCUT2D eigenvalue weighted by atomic mass is 10.0. The molecule has 0 fully saturated rings. The fourth-order valence-corrected chi connectivity index (χ4v) is 1.40. The molecule has 1 aliphatic carbocycles. The SMILES string of the molecule is CCN(C)C1C=CCCC1.Cl. The number of hydrogen-bond acceptors (Lipinski definition) is 1. The van der Waals surface area contributed by atoms with Crippen molar-refractivity contribution in [2.75, 3.05) is 13.6 Å². The Kier molecular flexibility index (Phi) is 5.61. The normalized spacial score (nSPS) is 23.4. The van der Waals surface area contributed by atoms with Gasteiger partial charge in [-0.3, -0.25) is 0 Å². The third-order valence-electron chi connectivity index (χ3n) is 2.29. The van der Waals surface area contributed by atoms with Gasteiger partial charge in [0.1, 0.15) is 0 Å². The molecule has 2 heteroatoms. The van der Waals surface area contributed by atoms with Crippen LogP contribution < -0.4 is 0 Å². The van der Waals surface area contributed by atoms with Gasteiger partial charge in [0.05, 0.1) is 0 Å². The van der Waals surface area contributed by atoms with E-state index in [0.717, 1.165) is 12.6 Å². The van der Waals surface area contributed by atoms with Crippen LogP contribution in [0.3, 0.4) is 0 Å². The smallest absolute Gasteiger partial charge is 0.0275 e. The lowest BCUT2D eigenvalue weighted by Crippen LogP contribution is -2.30. The van der Waals surface area contributed by atoms with E-state index in [1.54, 1.807) is 0 Å². The van der Waals surface area contributed by atoms with Gasteiger partial charge in [0, 0.05) is 6.04 Å². The Bertz CT molecular complexity index is 123. The van der Waals surface area contributed by atoms with Gasteiger partial charge in [0.2, 0.25) is 0 Å². The van der Waals surface area contributed by atoms with Gasteiger partial charge in [0.15, 0.2) is 0 Å². The first-order valence-corrected chi connectivity index (χ1v) is 4.21. The molecule has 66 valence electrons. The first kappa shape index (κ1) is 11.0. The lowest BCUT2D eigenvalue weighted by Gasteiger charge is -2.25. The molecular formula is C9H18ClN. The summed E-state index contributed by atoms with van der Waals surface area (Å²) in [6.45, 7) is 3.37. The van der Waals surface area contributed by atoms with Crippen molar-refractivity contribution in [1.29, 1.82) is 0 Å². The van der Waals surface area contributed by atoms with Crippen LogP contribution in [0.25, 0.3) is 0 Å². The van der Waals surface area contributed by atoms with Crippen LogP contribution in [0, 0.1) is 0 Å². The average molecular weight is 176 g/mol. The Balaban J connectivity index is 0.000001000. The molecule has 0 heterocycles. The van der Waals surface area contributed by atoms with Gasteiger partial charge in [-0.2, -0.15) is 0 Å². The molecule has 1 aliphatic rings. The molecule has 0 N–H and O–H groups in total. The van der Waals surface area contributed by atoms with Crippen LogP contribution in [0.1, 0.15) is 26.2 Å². The molecule has 0 spiro atoms. The van der Waals surface area contributed by atoms with Gasteiger partial charge in [-0.05, 0) is 32.9 Å². The third kappa shape index (κ3) is 3.26. The summed E-state index contributed by atoms with van der Waals surface area (Å²) in [5, 5.41) is 0. The summed E-state index contributed by atoms with van der Waals surface area (Å²) in [6, 6.07) is 0.721. The minimum atomic E-state index is 0. The van der Waals surface area contributed by atoms with Crippen molar-refractivity contribution in [3.05, 3.63) is 12.2 Å². The molecule has 0 amide bonds. The van der Waals surface area contributed by atoms with Crippen molar-refractivity contribution < 1.29 is 0 Å². The Morgan fingerprint density at radius 3 is 2.73 bits per heavy atom. The zero-order chi connectivity index (χ0) is 7.40. The molecule has 1 unspecified atom stereocenters. The molecule has 0 aromatic rings. The van der Waals surface area contributed by atoms with Gasteiger partial charge in [0.25, 0.3) is 0 Å². The van der Waals surface area contributed by atoms with Crippen molar-refractivity contribution >= 4 is 12.4 Å². The maximum absolute atomic E-state index is 2.40. The molecule has 0 aromatic carbocycles. The number of halogens is 1. The summed E-state index contributed by atoms with van der Waals surface area (Å²) in [5.41, 5.74) is 0. The average Bonchev–Trinajstić information content (AvgIpc) is 2.05. The highest BCUT2D eigenvalue weighted by Gasteiger charge is 2.10. The Labute approximate surface area is 75.9 Å². The second-order valence-corrected chi connectivity index (χ2v) is 3.00. The molecule has 1 rings (SSSR count).